The maximum Gasteiger partial charge on any atom is 0.191 e. The van der Waals surface area contributed by atoms with Crippen molar-refractivity contribution in [2.24, 2.45) is 10.7 Å². The molecule has 0 aromatic heterocycles. The molecule has 1 heterocycles. The topological polar surface area (TPSA) is 61.9 Å². The monoisotopic (exact) mass is 345 g/mol. The second kappa shape index (κ2) is 8.46. The van der Waals surface area contributed by atoms with E-state index in [9.17, 15) is 0 Å². The van der Waals surface area contributed by atoms with E-state index in [1.165, 1.54) is 0 Å². The number of halogens is 1. The molecule has 0 radical (unpaired) electrons. The van der Waals surface area contributed by atoms with E-state index >= 15 is 0 Å². The molecule has 90 valence electrons. The van der Waals surface area contributed by atoms with Gasteiger partial charge in [0.05, 0.1) is 12.6 Å². The highest BCUT2D eigenvalue weighted by atomic mass is 127. The van der Waals surface area contributed by atoms with Crippen molar-refractivity contribution in [1.29, 1.82) is 0 Å². The van der Waals surface area contributed by atoms with Gasteiger partial charge in [0.2, 0.25) is 0 Å². The second-order valence-electron chi connectivity index (χ2n) is 3.33. The summed E-state index contributed by atoms with van der Waals surface area (Å²) in [6.07, 6.45) is 0.833. The highest BCUT2D eigenvalue weighted by molar-refractivity contribution is 14.0. The molecule has 6 heteroatoms. The predicted molar refractivity (Wildman–Crippen MR) is 77.1 cm³/mol. The Labute approximate surface area is 113 Å². The maximum atomic E-state index is 8.99. The molecular weight excluding hydrogens is 325 g/mol. The number of aliphatic hydroxyl groups excluding tert-OH is 1. The third-order valence-corrected chi connectivity index (χ3v) is 3.27. The van der Waals surface area contributed by atoms with Gasteiger partial charge in [-0.25, -0.2) is 4.99 Å². The Morgan fingerprint density at radius 1 is 1.53 bits per heavy atom. The van der Waals surface area contributed by atoms with Crippen molar-refractivity contribution < 1.29 is 5.11 Å². The zero-order valence-electron chi connectivity index (χ0n) is 9.06. The average Bonchev–Trinajstić information content (AvgIpc) is 2.26. The van der Waals surface area contributed by atoms with Crippen molar-refractivity contribution in [3.63, 3.8) is 0 Å². The minimum Gasteiger partial charge on any atom is -0.394 e. The van der Waals surface area contributed by atoms with E-state index in [0.717, 1.165) is 31.0 Å². The van der Waals surface area contributed by atoms with Crippen molar-refractivity contribution in [3.8, 4) is 0 Å². The second-order valence-corrected chi connectivity index (χ2v) is 4.56. The summed E-state index contributed by atoms with van der Waals surface area (Å²) in [5.74, 6) is 2.82. The van der Waals surface area contributed by atoms with Crippen LogP contribution in [0.4, 0.5) is 0 Å². The third kappa shape index (κ3) is 5.26. The summed E-state index contributed by atoms with van der Waals surface area (Å²) in [7, 11) is 0. The molecular formula is C9H20IN3OS. The molecule has 0 aliphatic carbocycles. The molecule has 0 spiro atoms. The first-order valence-corrected chi connectivity index (χ1v) is 6.20. The standard InChI is InChI=1S/C9H19N3OS.HI/c1-2-8(7-13)11-9(10)12-3-5-14-6-4-12;/h8,13H,2-7H2,1H3,(H2,10,11);1H/t8-;/m1./s1. The van der Waals surface area contributed by atoms with Crippen LogP contribution in [0.1, 0.15) is 13.3 Å². The summed E-state index contributed by atoms with van der Waals surface area (Å²) in [5, 5.41) is 8.99. The number of aliphatic imine (C=N–C) groups is 1. The average molecular weight is 345 g/mol. The number of nitrogens with two attached hydrogens (primary N) is 1. The fourth-order valence-electron chi connectivity index (χ4n) is 1.32. The first-order valence-electron chi connectivity index (χ1n) is 5.04. The molecule has 4 nitrogen and oxygen atoms in total. The number of guanidine groups is 1. The number of hydrogen-bond donors (Lipinski definition) is 2. The molecule has 0 aromatic carbocycles. The van der Waals surface area contributed by atoms with Gasteiger partial charge in [0, 0.05) is 24.6 Å². The summed E-state index contributed by atoms with van der Waals surface area (Å²) in [5.41, 5.74) is 5.86. The Morgan fingerprint density at radius 3 is 2.60 bits per heavy atom. The van der Waals surface area contributed by atoms with Gasteiger partial charge in [0.25, 0.3) is 0 Å². The summed E-state index contributed by atoms with van der Waals surface area (Å²) in [4.78, 5) is 6.39. The van der Waals surface area contributed by atoms with Crippen LogP contribution in [-0.2, 0) is 0 Å². The smallest absolute Gasteiger partial charge is 0.191 e. The summed E-state index contributed by atoms with van der Waals surface area (Å²) >= 11 is 1.94. The molecule has 15 heavy (non-hydrogen) atoms. The fraction of sp³-hybridized carbons (Fsp3) is 0.889. The van der Waals surface area contributed by atoms with Gasteiger partial charge >= 0.3 is 0 Å². The SMILES string of the molecule is CC[C@H](CO)N=C(N)N1CCSCC1.I. The molecule has 0 bridgehead atoms. The molecule has 3 N–H and O–H groups in total. The molecule has 0 amide bonds. The number of thioether (sulfide) groups is 1. The lowest BCUT2D eigenvalue weighted by Gasteiger charge is -2.27. The molecule has 1 atom stereocenters. The van der Waals surface area contributed by atoms with Gasteiger partial charge in [-0.15, -0.1) is 24.0 Å². The van der Waals surface area contributed by atoms with E-state index in [-0.39, 0.29) is 36.6 Å². The Morgan fingerprint density at radius 2 is 2.13 bits per heavy atom. The minimum atomic E-state index is -0.0374. The van der Waals surface area contributed by atoms with Gasteiger partial charge in [-0.1, -0.05) is 6.92 Å². The van der Waals surface area contributed by atoms with E-state index < -0.39 is 0 Å². The summed E-state index contributed by atoms with van der Waals surface area (Å²) < 4.78 is 0. The van der Waals surface area contributed by atoms with Crippen LogP contribution in [0.15, 0.2) is 4.99 Å². The summed E-state index contributed by atoms with van der Waals surface area (Å²) in [6.45, 7) is 4.03. The Bertz CT molecular complexity index is 194. The van der Waals surface area contributed by atoms with E-state index in [2.05, 4.69) is 9.89 Å². The van der Waals surface area contributed by atoms with Crippen molar-refractivity contribution in [2.75, 3.05) is 31.2 Å². The van der Waals surface area contributed by atoms with E-state index in [1.807, 2.05) is 18.7 Å². The van der Waals surface area contributed by atoms with Crippen LogP contribution in [0.5, 0.6) is 0 Å². The van der Waals surface area contributed by atoms with Gasteiger partial charge in [-0.2, -0.15) is 11.8 Å². The number of nitrogens with zero attached hydrogens (tertiary/aromatic N) is 2. The van der Waals surface area contributed by atoms with E-state index in [0.29, 0.717) is 5.96 Å². The molecule has 1 aliphatic heterocycles. The van der Waals surface area contributed by atoms with Crippen LogP contribution >= 0.6 is 35.7 Å². The molecule has 1 fully saturated rings. The zero-order chi connectivity index (χ0) is 10.4. The lowest BCUT2D eigenvalue weighted by Crippen LogP contribution is -2.43. The molecule has 1 rings (SSSR count). The zero-order valence-corrected chi connectivity index (χ0v) is 12.2. The van der Waals surface area contributed by atoms with Crippen molar-refractivity contribution in [1.82, 2.24) is 4.90 Å². The van der Waals surface area contributed by atoms with Crippen molar-refractivity contribution in [2.45, 2.75) is 19.4 Å². The van der Waals surface area contributed by atoms with Gasteiger partial charge < -0.3 is 15.7 Å². The lowest BCUT2D eigenvalue weighted by atomic mass is 10.2. The van der Waals surface area contributed by atoms with Crippen LogP contribution in [0, 0.1) is 0 Å². The Kier molecular flexibility index (Phi) is 8.64. The maximum absolute atomic E-state index is 8.99. The normalized spacial score (nSPS) is 19.6. The third-order valence-electron chi connectivity index (χ3n) is 2.33. The van der Waals surface area contributed by atoms with Crippen LogP contribution in [0.3, 0.4) is 0 Å². The Balaban J connectivity index is 0.00000196. The molecule has 1 saturated heterocycles. The van der Waals surface area contributed by atoms with Gasteiger partial charge in [-0.3, -0.25) is 0 Å². The van der Waals surface area contributed by atoms with Crippen molar-refractivity contribution >= 4 is 41.7 Å². The first-order chi connectivity index (χ1) is 6.77. The number of hydrogen-bond acceptors (Lipinski definition) is 3. The van der Waals surface area contributed by atoms with E-state index in [1.54, 1.807) is 0 Å². The Hall–Kier alpha value is 0.310. The highest BCUT2D eigenvalue weighted by Gasteiger charge is 2.13. The molecule has 0 aromatic rings. The van der Waals surface area contributed by atoms with Gasteiger partial charge in [0.15, 0.2) is 5.96 Å². The fourth-order valence-corrected chi connectivity index (χ4v) is 2.23. The van der Waals surface area contributed by atoms with Gasteiger partial charge in [0.1, 0.15) is 0 Å². The molecule has 1 aliphatic rings. The summed E-state index contributed by atoms with van der Waals surface area (Å²) in [6, 6.07) is -0.0374. The van der Waals surface area contributed by atoms with E-state index in [4.69, 9.17) is 10.8 Å². The highest BCUT2D eigenvalue weighted by Crippen LogP contribution is 2.09. The van der Waals surface area contributed by atoms with Crippen molar-refractivity contribution in [3.05, 3.63) is 0 Å². The number of rotatable bonds is 3. The van der Waals surface area contributed by atoms with Gasteiger partial charge in [-0.05, 0) is 6.42 Å². The number of aliphatic hydroxyl groups is 1. The largest absolute Gasteiger partial charge is 0.394 e. The van der Waals surface area contributed by atoms with Crippen LogP contribution < -0.4 is 5.73 Å². The lowest BCUT2D eigenvalue weighted by molar-refractivity contribution is 0.262. The van der Waals surface area contributed by atoms with Crippen LogP contribution in [0.2, 0.25) is 0 Å². The first kappa shape index (κ1) is 15.3. The quantitative estimate of drug-likeness (QED) is 0.450. The minimum absolute atomic E-state index is 0. The van der Waals surface area contributed by atoms with Crippen LogP contribution in [0.25, 0.3) is 0 Å². The molecule has 0 saturated carbocycles. The predicted octanol–water partition coefficient (Wildman–Crippen LogP) is 0.739. The molecule has 0 unspecified atom stereocenters. The van der Waals surface area contributed by atoms with Crippen LogP contribution in [-0.4, -0.2) is 53.2 Å².